The fourth-order valence-corrected chi connectivity index (χ4v) is 3.66. The molecule has 0 unspecified atom stereocenters. The lowest BCUT2D eigenvalue weighted by molar-refractivity contribution is 0.240. The number of hydrogen-bond donors (Lipinski definition) is 2. The molecule has 0 amide bonds. The molecule has 0 spiro atoms. The third-order valence-electron chi connectivity index (χ3n) is 4.11. The number of hydrogen-bond acceptors (Lipinski definition) is 3. The van der Waals surface area contributed by atoms with Crippen molar-refractivity contribution >= 4 is 42.4 Å². The van der Waals surface area contributed by atoms with Crippen molar-refractivity contribution in [3.63, 3.8) is 0 Å². The van der Waals surface area contributed by atoms with Crippen LogP contribution in [0.15, 0.2) is 54.6 Å². The topological polar surface area (TPSA) is 74.6 Å². The average Bonchev–Trinajstić information content (AvgIpc) is 2.51. The molecule has 5 heteroatoms. The Morgan fingerprint density at radius 2 is 1.32 bits per heavy atom. The van der Waals surface area contributed by atoms with Gasteiger partial charge in [-0.25, -0.2) is 0 Å². The lowest BCUT2D eigenvalue weighted by Crippen LogP contribution is -2.11. The van der Waals surface area contributed by atoms with Crippen LogP contribution in [0.1, 0.15) is 11.0 Å². The summed E-state index contributed by atoms with van der Waals surface area (Å²) < 4.78 is 31.8. The van der Waals surface area contributed by atoms with Gasteiger partial charge in [-0.15, -0.1) is 0 Å². The van der Waals surface area contributed by atoms with E-state index < -0.39 is 15.6 Å². The molecule has 0 aromatic heterocycles. The van der Waals surface area contributed by atoms with Crippen molar-refractivity contribution in [1.29, 1.82) is 0 Å². The van der Waals surface area contributed by atoms with Gasteiger partial charge in [0, 0.05) is 5.56 Å². The second-order valence-electron chi connectivity index (χ2n) is 5.38. The molecule has 0 aliphatic rings. The van der Waals surface area contributed by atoms with Crippen molar-refractivity contribution in [3.8, 4) is 0 Å². The second-order valence-corrected chi connectivity index (χ2v) is 6.85. The Morgan fingerprint density at radius 3 is 1.95 bits per heavy atom. The summed E-state index contributed by atoms with van der Waals surface area (Å²) in [6.45, 7) is 0. The highest BCUT2D eigenvalue weighted by molar-refractivity contribution is 7.85. The van der Waals surface area contributed by atoms with Crippen LogP contribution in [0, 0.1) is 0 Å². The van der Waals surface area contributed by atoms with Gasteiger partial charge in [0.05, 0.1) is 0 Å². The first-order valence-corrected chi connectivity index (χ1v) is 8.28. The van der Waals surface area contributed by atoms with E-state index in [4.69, 9.17) is 4.55 Å². The SMILES string of the molecule is O=S(=O)(O)[C@H](O)c1ccc2ccc3cccc4ccc1c2c34. The molecule has 1 atom stereocenters. The Balaban J connectivity index is 2.22. The standard InChI is InChI=1S/C17H12O4S/c18-17(22(19,20)21)14-9-7-12-5-4-10-2-1-3-11-6-8-13(14)16(12)15(10)11/h1-9,17-18H,(H,19,20,21)/t17-/m0/s1. The van der Waals surface area contributed by atoms with Gasteiger partial charge in [-0.1, -0.05) is 54.6 Å². The van der Waals surface area contributed by atoms with Gasteiger partial charge in [0.15, 0.2) is 0 Å². The normalized spacial score (nSPS) is 14.1. The first kappa shape index (κ1) is 13.5. The molecule has 0 saturated heterocycles. The maximum atomic E-state index is 11.3. The minimum Gasteiger partial charge on any atom is -0.371 e. The fraction of sp³-hybridized carbons (Fsp3) is 0.0588. The van der Waals surface area contributed by atoms with Crippen LogP contribution in [0.3, 0.4) is 0 Å². The van der Waals surface area contributed by atoms with Gasteiger partial charge in [0.2, 0.25) is 5.44 Å². The largest absolute Gasteiger partial charge is 0.371 e. The fourth-order valence-electron chi connectivity index (χ4n) is 3.13. The molecule has 4 aromatic rings. The van der Waals surface area contributed by atoms with E-state index in [0.717, 1.165) is 26.9 Å². The van der Waals surface area contributed by atoms with Crippen molar-refractivity contribution in [2.24, 2.45) is 0 Å². The lowest BCUT2D eigenvalue weighted by Gasteiger charge is -2.15. The molecule has 4 rings (SSSR count). The minimum absolute atomic E-state index is 0.188. The molecule has 4 nitrogen and oxygen atoms in total. The third kappa shape index (κ3) is 1.80. The second kappa shape index (κ2) is 4.39. The zero-order valence-corrected chi connectivity index (χ0v) is 12.2. The quantitative estimate of drug-likeness (QED) is 0.439. The molecular weight excluding hydrogens is 300 g/mol. The van der Waals surface area contributed by atoms with Crippen molar-refractivity contribution < 1.29 is 18.1 Å². The molecule has 0 saturated carbocycles. The van der Waals surface area contributed by atoms with Crippen LogP contribution in [0.4, 0.5) is 0 Å². The number of aliphatic hydroxyl groups excluding tert-OH is 1. The van der Waals surface area contributed by atoms with E-state index in [-0.39, 0.29) is 5.56 Å². The maximum Gasteiger partial charge on any atom is 0.296 e. The van der Waals surface area contributed by atoms with Crippen LogP contribution in [0.5, 0.6) is 0 Å². The van der Waals surface area contributed by atoms with Gasteiger partial charge in [0.25, 0.3) is 10.1 Å². The Hall–Kier alpha value is -2.21. The Labute approximate surface area is 126 Å². The average molecular weight is 312 g/mol. The minimum atomic E-state index is -4.57. The van der Waals surface area contributed by atoms with Crippen molar-refractivity contribution in [3.05, 3.63) is 60.2 Å². The first-order valence-electron chi connectivity index (χ1n) is 6.77. The summed E-state index contributed by atoms with van der Waals surface area (Å²) in [5.41, 5.74) is -1.76. The predicted octanol–water partition coefficient (Wildman–Crippen LogP) is 3.46. The predicted molar refractivity (Wildman–Crippen MR) is 86.7 cm³/mol. The van der Waals surface area contributed by atoms with Crippen LogP contribution in [0.2, 0.25) is 0 Å². The summed E-state index contributed by atoms with van der Waals surface area (Å²) >= 11 is 0. The van der Waals surface area contributed by atoms with Gasteiger partial charge >= 0.3 is 0 Å². The van der Waals surface area contributed by atoms with Crippen molar-refractivity contribution in [2.75, 3.05) is 0 Å². The Kier molecular flexibility index (Phi) is 2.69. The highest BCUT2D eigenvalue weighted by Crippen LogP contribution is 2.38. The van der Waals surface area contributed by atoms with Crippen molar-refractivity contribution in [1.82, 2.24) is 0 Å². The number of benzene rings is 4. The monoisotopic (exact) mass is 312 g/mol. The summed E-state index contributed by atoms with van der Waals surface area (Å²) in [4.78, 5) is 0. The molecule has 0 heterocycles. The van der Waals surface area contributed by atoms with Crippen LogP contribution in [0.25, 0.3) is 32.3 Å². The molecule has 0 fully saturated rings. The van der Waals surface area contributed by atoms with Gasteiger partial charge < -0.3 is 5.11 Å². The first-order chi connectivity index (χ1) is 10.5. The zero-order valence-electron chi connectivity index (χ0n) is 11.4. The van der Waals surface area contributed by atoms with Crippen LogP contribution >= 0.6 is 0 Å². The molecular formula is C17H12O4S. The van der Waals surface area contributed by atoms with E-state index in [1.165, 1.54) is 0 Å². The van der Waals surface area contributed by atoms with Crippen LogP contribution in [-0.4, -0.2) is 18.1 Å². The van der Waals surface area contributed by atoms with E-state index in [1.807, 2.05) is 36.4 Å². The van der Waals surface area contributed by atoms with E-state index >= 15 is 0 Å². The molecule has 110 valence electrons. The highest BCUT2D eigenvalue weighted by Gasteiger charge is 2.24. The highest BCUT2D eigenvalue weighted by atomic mass is 32.2. The van der Waals surface area contributed by atoms with Crippen molar-refractivity contribution in [2.45, 2.75) is 5.44 Å². The molecule has 0 bridgehead atoms. The van der Waals surface area contributed by atoms with E-state index in [2.05, 4.69) is 0 Å². The zero-order chi connectivity index (χ0) is 15.5. The lowest BCUT2D eigenvalue weighted by atomic mass is 9.92. The third-order valence-corrected chi connectivity index (χ3v) is 4.93. The molecule has 0 aliphatic carbocycles. The Morgan fingerprint density at radius 1 is 0.773 bits per heavy atom. The number of rotatable bonds is 2. The Bertz CT molecular complexity index is 1100. The van der Waals surface area contributed by atoms with Gasteiger partial charge in [-0.3, -0.25) is 4.55 Å². The van der Waals surface area contributed by atoms with Gasteiger partial charge in [-0.2, -0.15) is 8.42 Å². The number of aliphatic hydroxyl groups is 1. The molecule has 22 heavy (non-hydrogen) atoms. The maximum absolute atomic E-state index is 11.3. The smallest absolute Gasteiger partial charge is 0.296 e. The van der Waals surface area contributed by atoms with Gasteiger partial charge in [0.1, 0.15) is 0 Å². The molecule has 4 aromatic carbocycles. The summed E-state index contributed by atoms with van der Waals surface area (Å²) in [6.07, 6.45) is 0. The van der Waals surface area contributed by atoms with E-state index in [1.54, 1.807) is 18.2 Å². The van der Waals surface area contributed by atoms with Crippen LogP contribution < -0.4 is 0 Å². The van der Waals surface area contributed by atoms with Crippen LogP contribution in [-0.2, 0) is 10.1 Å². The van der Waals surface area contributed by atoms with E-state index in [0.29, 0.717) is 5.39 Å². The molecule has 2 N–H and O–H groups in total. The summed E-state index contributed by atoms with van der Waals surface area (Å²) in [6, 6.07) is 16.9. The summed E-state index contributed by atoms with van der Waals surface area (Å²) in [5.74, 6) is 0. The molecule has 0 radical (unpaired) electrons. The summed E-state index contributed by atoms with van der Waals surface area (Å²) in [7, 11) is -4.57. The van der Waals surface area contributed by atoms with Gasteiger partial charge in [-0.05, 0) is 32.3 Å². The summed E-state index contributed by atoms with van der Waals surface area (Å²) in [5, 5.41) is 15.6. The van der Waals surface area contributed by atoms with E-state index in [9.17, 15) is 13.5 Å². The molecule has 0 aliphatic heterocycles.